The van der Waals surface area contributed by atoms with Crippen molar-refractivity contribution in [1.82, 2.24) is 5.43 Å². The summed E-state index contributed by atoms with van der Waals surface area (Å²) >= 11 is 0. The lowest BCUT2D eigenvalue weighted by Gasteiger charge is -2.28. The highest BCUT2D eigenvalue weighted by Crippen LogP contribution is 2.34. The Labute approximate surface area is 122 Å². The van der Waals surface area contributed by atoms with E-state index in [2.05, 4.69) is 74.7 Å². The Balaban J connectivity index is 2.42. The molecule has 20 heavy (non-hydrogen) atoms. The van der Waals surface area contributed by atoms with Gasteiger partial charge in [0.15, 0.2) is 0 Å². The summed E-state index contributed by atoms with van der Waals surface area (Å²) in [5, 5.41) is 0. The van der Waals surface area contributed by atoms with Gasteiger partial charge in [0.2, 0.25) is 0 Å². The summed E-state index contributed by atoms with van der Waals surface area (Å²) in [6.45, 7) is 6.49. The van der Waals surface area contributed by atoms with Crippen LogP contribution in [0.1, 0.15) is 47.6 Å². The monoisotopic (exact) mass is 268 g/mol. The van der Waals surface area contributed by atoms with E-state index in [4.69, 9.17) is 5.84 Å². The molecule has 2 rings (SSSR count). The highest BCUT2D eigenvalue weighted by Gasteiger charge is 2.23. The number of rotatable bonds is 5. The average molecular weight is 268 g/mol. The summed E-state index contributed by atoms with van der Waals surface area (Å²) in [6, 6.07) is 17.3. The van der Waals surface area contributed by atoms with E-state index in [0.29, 0.717) is 5.92 Å². The van der Waals surface area contributed by atoms with Crippen molar-refractivity contribution in [2.24, 2.45) is 5.84 Å². The first kappa shape index (κ1) is 14.8. The minimum absolute atomic E-state index is 0.141. The first-order chi connectivity index (χ1) is 9.67. The van der Waals surface area contributed by atoms with Gasteiger partial charge in [-0.2, -0.15) is 0 Å². The van der Waals surface area contributed by atoms with Gasteiger partial charge >= 0.3 is 0 Å². The summed E-state index contributed by atoms with van der Waals surface area (Å²) < 4.78 is 0. The van der Waals surface area contributed by atoms with Crippen molar-refractivity contribution in [3.63, 3.8) is 0 Å². The molecule has 0 radical (unpaired) electrons. The van der Waals surface area contributed by atoms with Crippen LogP contribution >= 0.6 is 0 Å². The van der Waals surface area contributed by atoms with Crippen molar-refractivity contribution < 1.29 is 0 Å². The van der Waals surface area contributed by atoms with Crippen LogP contribution in [0, 0.1) is 13.8 Å². The second kappa shape index (κ2) is 6.69. The lowest BCUT2D eigenvalue weighted by Crippen LogP contribution is -2.33. The van der Waals surface area contributed by atoms with Crippen molar-refractivity contribution in [2.75, 3.05) is 0 Å². The van der Waals surface area contributed by atoms with E-state index in [1.165, 1.54) is 22.3 Å². The number of hydrazine groups is 1. The molecule has 2 unspecified atom stereocenters. The Morgan fingerprint density at radius 1 is 1.05 bits per heavy atom. The smallest absolute Gasteiger partial charge is 0.0531 e. The van der Waals surface area contributed by atoms with Crippen molar-refractivity contribution in [3.05, 3.63) is 70.8 Å². The van der Waals surface area contributed by atoms with Crippen LogP contribution in [0.4, 0.5) is 0 Å². The molecule has 0 aliphatic heterocycles. The molecule has 0 fully saturated rings. The minimum Gasteiger partial charge on any atom is -0.271 e. The third-order valence-electron chi connectivity index (χ3n) is 4.02. The Bertz CT molecular complexity index is 549. The van der Waals surface area contributed by atoms with Gasteiger partial charge in [-0.05, 0) is 37.0 Å². The molecule has 0 amide bonds. The Morgan fingerprint density at radius 3 is 2.35 bits per heavy atom. The zero-order valence-electron chi connectivity index (χ0n) is 12.6. The third-order valence-corrected chi connectivity index (χ3v) is 4.02. The van der Waals surface area contributed by atoms with Gasteiger partial charge in [-0.15, -0.1) is 0 Å². The summed E-state index contributed by atoms with van der Waals surface area (Å²) in [6.07, 6.45) is 1.05. The van der Waals surface area contributed by atoms with Crippen LogP contribution in [0.25, 0.3) is 0 Å². The molecule has 106 valence electrons. The van der Waals surface area contributed by atoms with Crippen molar-refractivity contribution >= 4 is 0 Å². The van der Waals surface area contributed by atoms with Gasteiger partial charge < -0.3 is 0 Å². The zero-order valence-corrected chi connectivity index (χ0v) is 12.6. The molecule has 2 heteroatoms. The first-order valence-corrected chi connectivity index (χ1v) is 7.25. The normalized spacial score (nSPS) is 14.0. The van der Waals surface area contributed by atoms with Crippen molar-refractivity contribution in [1.29, 1.82) is 0 Å². The van der Waals surface area contributed by atoms with Crippen LogP contribution in [0.15, 0.2) is 48.5 Å². The lowest BCUT2D eigenvalue weighted by molar-refractivity contribution is 0.443. The number of nitrogens with two attached hydrogens (primary N) is 1. The maximum absolute atomic E-state index is 5.89. The molecular weight excluding hydrogens is 244 g/mol. The second-order valence-corrected chi connectivity index (χ2v) is 5.43. The molecule has 0 aliphatic carbocycles. The Kier molecular flexibility index (Phi) is 4.94. The van der Waals surface area contributed by atoms with Gasteiger partial charge in [-0.3, -0.25) is 11.3 Å². The molecule has 0 aliphatic rings. The maximum atomic E-state index is 5.89. The lowest BCUT2D eigenvalue weighted by atomic mass is 9.83. The molecule has 2 atom stereocenters. The molecule has 2 aromatic carbocycles. The molecule has 0 heterocycles. The summed E-state index contributed by atoms with van der Waals surface area (Å²) in [7, 11) is 0. The molecule has 0 bridgehead atoms. The predicted molar refractivity (Wildman–Crippen MR) is 85.5 cm³/mol. The highest BCUT2D eigenvalue weighted by molar-refractivity contribution is 5.36. The fourth-order valence-electron chi connectivity index (χ4n) is 2.88. The van der Waals surface area contributed by atoms with E-state index in [9.17, 15) is 0 Å². The van der Waals surface area contributed by atoms with E-state index < -0.39 is 0 Å². The van der Waals surface area contributed by atoms with Gasteiger partial charge in [0.1, 0.15) is 0 Å². The second-order valence-electron chi connectivity index (χ2n) is 5.43. The minimum atomic E-state index is 0.141. The molecule has 3 N–H and O–H groups in total. The number of hydrogen-bond acceptors (Lipinski definition) is 2. The van der Waals surface area contributed by atoms with E-state index in [1.807, 2.05) is 0 Å². The van der Waals surface area contributed by atoms with Crippen LogP contribution in [0.5, 0.6) is 0 Å². The molecule has 2 aromatic rings. The van der Waals surface area contributed by atoms with Crippen LogP contribution in [0.2, 0.25) is 0 Å². The average Bonchev–Trinajstić information content (AvgIpc) is 2.48. The maximum Gasteiger partial charge on any atom is 0.0531 e. The van der Waals surface area contributed by atoms with Crippen LogP contribution < -0.4 is 11.3 Å². The predicted octanol–water partition coefficient (Wildman–Crippen LogP) is 4.00. The fraction of sp³-hybridized carbons (Fsp3) is 0.333. The molecule has 0 aromatic heterocycles. The van der Waals surface area contributed by atoms with Crippen LogP contribution in [-0.2, 0) is 0 Å². The number of hydrogen-bond donors (Lipinski definition) is 2. The number of nitrogens with one attached hydrogen (secondary N) is 1. The van der Waals surface area contributed by atoms with Gasteiger partial charge in [0.25, 0.3) is 0 Å². The van der Waals surface area contributed by atoms with Gasteiger partial charge in [0, 0.05) is 5.92 Å². The fourth-order valence-corrected chi connectivity index (χ4v) is 2.88. The van der Waals surface area contributed by atoms with Gasteiger partial charge in [-0.1, -0.05) is 61.0 Å². The molecular formula is C18H24N2. The highest BCUT2D eigenvalue weighted by atomic mass is 15.2. The van der Waals surface area contributed by atoms with E-state index in [0.717, 1.165) is 6.42 Å². The Hall–Kier alpha value is -1.64. The van der Waals surface area contributed by atoms with Crippen molar-refractivity contribution in [2.45, 2.75) is 39.2 Å². The SMILES string of the molecule is CCC(c1ccccc1)C(NN)c1cc(C)ccc1C. The van der Waals surface area contributed by atoms with E-state index in [-0.39, 0.29) is 6.04 Å². The molecule has 0 saturated heterocycles. The third kappa shape index (κ3) is 3.09. The quantitative estimate of drug-likeness (QED) is 0.635. The standard InChI is InChI=1S/C18H24N2/c1-4-16(15-8-6-5-7-9-15)18(20-19)17-12-13(2)10-11-14(17)3/h5-12,16,18,20H,4,19H2,1-3H3. The number of benzene rings is 2. The summed E-state index contributed by atoms with van der Waals surface area (Å²) in [4.78, 5) is 0. The van der Waals surface area contributed by atoms with E-state index >= 15 is 0 Å². The van der Waals surface area contributed by atoms with Crippen LogP contribution in [0.3, 0.4) is 0 Å². The van der Waals surface area contributed by atoms with Gasteiger partial charge in [0.05, 0.1) is 6.04 Å². The first-order valence-electron chi connectivity index (χ1n) is 7.25. The zero-order chi connectivity index (χ0) is 14.5. The topological polar surface area (TPSA) is 38.0 Å². The van der Waals surface area contributed by atoms with Crippen LogP contribution in [-0.4, -0.2) is 0 Å². The van der Waals surface area contributed by atoms with Gasteiger partial charge in [-0.25, -0.2) is 0 Å². The summed E-state index contributed by atoms with van der Waals surface area (Å²) in [5.74, 6) is 6.26. The molecule has 0 saturated carbocycles. The largest absolute Gasteiger partial charge is 0.271 e. The summed E-state index contributed by atoms with van der Waals surface area (Å²) in [5.41, 5.74) is 8.22. The van der Waals surface area contributed by atoms with Crippen molar-refractivity contribution in [3.8, 4) is 0 Å². The molecule has 0 spiro atoms. The molecule has 2 nitrogen and oxygen atoms in total. The number of aryl methyl sites for hydroxylation is 2. The Morgan fingerprint density at radius 2 is 1.75 bits per heavy atom. The van der Waals surface area contributed by atoms with E-state index in [1.54, 1.807) is 0 Å².